The van der Waals surface area contributed by atoms with Crippen LogP contribution in [0.2, 0.25) is 0 Å². The molecule has 3 saturated heterocycles. The lowest BCUT2D eigenvalue weighted by Crippen LogP contribution is -2.47. The van der Waals surface area contributed by atoms with Crippen LogP contribution in [0.5, 0.6) is 5.75 Å². The van der Waals surface area contributed by atoms with Gasteiger partial charge in [0.25, 0.3) is 5.91 Å². The van der Waals surface area contributed by atoms with Crippen LogP contribution in [0.3, 0.4) is 0 Å². The highest BCUT2D eigenvalue weighted by atomic mass is 16.5. The fourth-order valence-corrected chi connectivity index (χ4v) is 8.08. The van der Waals surface area contributed by atoms with E-state index in [0.29, 0.717) is 42.6 Å². The lowest BCUT2D eigenvalue weighted by atomic mass is 9.89. The molecule has 15 heteroatoms. The number of nitrogens with one attached hydrogen (secondary N) is 3. The number of ether oxygens (including phenoxy) is 1. The van der Waals surface area contributed by atoms with E-state index >= 15 is 0 Å². The monoisotopic (exact) mass is 787 g/mol. The molecule has 1 unspecified atom stereocenters. The minimum absolute atomic E-state index is 0.130. The predicted octanol–water partition coefficient (Wildman–Crippen LogP) is 5.53. The second kappa shape index (κ2) is 16.8. The number of oxazole rings is 1. The van der Waals surface area contributed by atoms with Crippen LogP contribution >= 0.6 is 0 Å². The highest BCUT2D eigenvalue weighted by Gasteiger charge is 2.29. The van der Waals surface area contributed by atoms with E-state index in [1.807, 2.05) is 66.7 Å². The number of carbonyl (C=O) groups excluding carboxylic acids is 4. The van der Waals surface area contributed by atoms with Gasteiger partial charge in [-0.1, -0.05) is 12.1 Å². The fraction of sp³-hybridized carbons (Fsp3) is 0.419. The maximum Gasteiger partial charge on any atom is 0.277 e. The molecule has 8 rings (SSSR count). The Morgan fingerprint density at radius 1 is 0.948 bits per heavy atom. The predicted molar refractivity (Wildman–Crippen MR) is 217 cm³/mol. The number of nitrogens with zero attached hydrogens (tertiary/aromatic N) is 6. The highest BCUT2D eigenvalue weighted by Crippen LogP contribution is 2.33. The topological polar surface area (TPSA) is 176 Å². The van der Waals surface area contributed by atoms with Gasteiger partial charge in [0.1, 0.15) is 29.4 Å². The number of hydrogen-bond donors (Lipinski definition) is 3. The van der Waals surface area contributed by atoms with E-state index in [9.17, 15) is 19.2 Å². The van der Waals surface area contributed by atoms with E-state index < -0.39 is 11.9 Å². The summed E-state index contributed by atoms with van der Waals surface area (Å²) in [5, 5.41) is 8.58. The Bertz CT molecular complexity index is 2300. The van der Waals surface area contributed by atoms with Crippen molar-refractivity contribution in [1.82, 2.24) is 34.5 Å². The van der Waals surface area contributed by atoms with Gasteiger partial charge < -0.3 is 29.1 Å². The number of aryl methyl sites for hydroxylation is 1. The Morgan fingerprint density at radius 3 is 2.43 bits per heavy atom. The van der Waals surface area contributed by atoms with Crippen LogP contribution in [-0.4, -0.2) is 97.7 Å². The van der Waals surface area contributed by atoms with Crippen molar-refractivity contribution in [2.75, 3.05) is 43.4 Å². The number of hydrogen-bond acceptors (Lipinski definition) is 11. The number of amides is 4. The minimum atomic E-state index is -0.423. The molecule has 15 nitrogen and oxygen atoms in total. The molecule has 0 saturated carbocycles. The molecule has 0 radical (unpaired) electrons. The summed E-state index contributed by atoms with van der Waals surface area (Å²) in [5.41, 5.74) is 5.98. The van der Waals surface area contributed by atoms with Gasteiger partial charge in [-0.2, -0.15) is 0 Å². The van der Waals surface area contributed by atoms with Gasteiger partial charge in [-0.15, -0.1) is 0 Å². The molecule has 0 spiro atoms. The molecular formula is C43H49N9O6. The van der Waals surface area contributed by atoms with E-state index in [0.717, 1.165) is 80.1 Å². The van der Waals surface area contributed by atoms with Gasteiger partial charge in [-0.3, -0.25) is 34.4 Å². The van der Waals surface area contributed by atoms with Gasteiger partial charge in [0.15, 0.2) is 5.69 Å². The van der Waals surface area contributed by atoms with Crippen molar-refractivity contribution in [3.8, 4) is 17.2 Å². The number of imide groups is 1. The molecule has 4 aromatic heterocycles. The van der Waals surface area contributed by atoms with Crippen LogP contribution < -0.4 is 20.7 Å². The molecule has 0 aliphatic carbocycles. The van der Waals surface area contributed by atoms with Crippen LogP contribution in [0.4, 0.5) is 11.4 Å². The molecule has 3 fully saturated rings. The van der Waals surface area contributed by atoms with Crippen molar-refractivity contribution < 1.29 is 28.3 Å². The number of aromatic nitrogens is 4. The Kier molecular flexibility index (Phi) is 11.2. The zero-order valence-corrected chi connectivity index (χ0v) is 33.1. The van der Waals surface area contributed by atoms with E-state index in [1.54, 1.807) is 12.3 Å². The van der Waals surface area contributed by atoms with E-state index in [-0.39, 0.29) is 35.4 Å². The van der Waals surface area contributed by atoms with Gasteiger partial charge in [0, 0.05) is 67.0 Å². The third-order valence-corrected chi connectivity index (χ3v) is 11.2. The number of piperidine rings is 3. The zero-order chi connectivity index (χ0) is 40.3. The Balaban J connectivity index is 0.830. The average molecular weight is 788 g/mol. The standard InChI is InChI=1S/C43H49N9O6/c1-26(2)58-37-21-38-46-34(22-52(38)23-35(37)47-42(56)36-25-57-43(48-36)31-10-15-44-27(3)20-31)30-11-16-50(17-12-30)24-40(54)51-18-13-29(14-19-51)28-4-6-32(7-5-28)45-33-8-9-39(53)49-41(33)55/h4-7,10,15,20-23,25-26,29-30,33,45H,8-9,11-14,16-19,24H2,1-3H3,(H,47,56)(H,49,53,55). The largest absolute Gasteiger partial charge is 0.489 e. The molecule has 58 heavy (non-hydrogen) atoms. The van der Waals surface area contributed by atoms with Gasteiger partial charge in [-0.05, 0) is 102 Å². The number of fused-ring (bicyclic) bond motifs is 1. The number of pyridine rings is 2. The highest BCUT2D eigenvalue weighted by molar-refractivity contribution is 6.04. The Labute approximate surface area is 336 Å². The summed E-state index contributed by atoms with van der Waals surface area (Å²) in [7, 11) is 0. The van der Waals surface area contributed by atoms with Crippen molar-refractivity contribution in [3.63, 3.8) is 0 Å². The van der Waals surface area contributed by atoms with Crippen molar-refractivity contribution in [1.29, 1.82) is 0 Å². The number of carbonyl (C=O) groups is 4. The lowest BCUT2D eigenvalue weighted by molar-refractivity contribution is -0.134. The van der Waals surface area contributed by atoms with Crippen molar-refractivity contribution in [3.05, 3.63) is 90.0 Å². The maximum atomic E-state index is 13.4. The molecule has 1 atom stereocenters. The first-order chi connectivity index (χ1) is 28.0. The molecule has 3 aliphatic rings. The molecule has 3 aliphatic heterocycles. The first-order valence-corrected chi connectivity index (χ1v) is 20.1. The van der Waals surface area contributed by atoms with Crippen LogP contribution in [0.15, 0.2) is 71.7 Å². The minimum Gasteiger partial charge on any atom is -0.489 e. The van der Waals surface area contributed by atoms with Crippen LogP contribution in [0, 0.1) is 6.92 Å². The van der Waals surface area contributed by atoms with Crippen molar-refractivity contribution in [2.24, 2.45) is 0 Å². The Morgan fingerprint density at radius 2 is 1.71 bits per heavy atom. The van der Waals surface area contributed by atoms with E-state index in [1.165, 1.54) is 11.8 Å². The molecule has 1 aromatic carbocycles. The van der Waals surface area contributed by atoms with Gasteiger partial charge in [-0.25, -0.2) is 9.97 Å². The second-order valence-corrected chi connectivity index (χ2v) is 15.8. The van der Waals surface area contributed by atoms with Crippen molar-refractivity contribution >= 4 is 40.7 Å². The first-order valence-electron chi connectivity index (χ1n) is 20.1. The van der Waals surface area contributed by atoms with E-state index in [2.05, 4.69) is 43.0 Å². The maximum absolute atomic E-state index is 13.4. The summed E-state index contributed by atoms with van der Waals surface area (Å²) in [6, 6.07) is 13.2. The summed E-state index contributed by atoms with van der Waals surface area (Å²) in [6.45, 7) is 9.23. The smallest absolute Gasteiger partial charge is 0.277 e. The summed E-state index contributed by atoms with van der Waals surface area (Å²) in [5.74, 6) is 0.710. The molecule has 302 valence electrons. The summed E-state index contributed by atoms with van der Waals surface area (Å²) in [6.07, 6.45) is 11.1. The quantitative estimate of drug-likeness (QED) is 0.144. The van der Waals surface area contributed by atoms with E-state index in [4.69, 9.17) is 14.1 Å². The number of likely N-dealkylation sites (tertiary alicyclic amines) is 2. The van der Waals surface area contributed by atoms with Crippen molar-refractivity contribution in [2.45, 2.75) is 83.3 Å². The Hall–Kier alpha value is -6.09. The SMILES string of the molecule is Cc1cc(-c2nc(C(=O)Nc3cn4cc(C5CCN(CC(=O)N6CCC(c7ccc(NC8CCC(=O)NC8=O)cc7)CC6)CC5)nc4cc3OC(C)C)co2)ccn1. The second-order valence-electron chi connectivity index (χ2n) is 15.8. The molecule has 3 N–H and O–H groups in total. The fourth-order valence-electron chi connectivity index (χ4n) is 8.08. The summed E-state index contributed by atoms with van der Waals surface area (Å²) < 4.78 is 13.6. The number of imidazole rings is 1. The lowest BCUT2D eigenvalue weighted by Gasteiger charge is -2.35. The van der Waals surface area contributed by atoms with Gasteiger partial charge in [0.2, 0.25) is 23.6 Å². The molecule has 4 amide bonds. The normalized spacial score (nSPS) is 18.4. The van der Waals surface area contributed by atoms with Crippen LogP contribution in [-0.2, 0) is 14.4 Å². The van der Waals surface area contributed by atoms with Crippen LogP contribution in [0.1, 0.15) is 91.6 Å². The number of anilines is 2. The average Bonchev–Trinajstić information content (AvgIpc) is 3.88. The third kappa shape index (κ3) is 8.89. The molecule has 5 aromatic rings. The number of benzene rings is 1. The van der Waals surface area contributed by atoms with Gasteiger partial charge in [0.05, 0.1) is 18.3 Å². The first kappa shape index (κ1) is 38.8. The van der Waals surface area contributed by atoms with Gasteiger partial charge >= 0.3 is 0 Å². The van der Waals surface area contributed by atoms with Crippen LogP contribution in [0.25, 0.3) is 17.1 Å². The summed E-state index contributed by atoms with van der Waals surface area (Å²) in [4.78, 5) is 68.1. The molecule has 7 heterocycles. The summed E-state index contributed by atoms with van der Waals surface area (Å²) >= 11 is 0. The molecular weight excluding hydrogens is 739 g/mol. The third-order valence-electron chi connectivity index (χ3n) is 11.2. The number of rotatable bonds is 11. The molecule has 0 bridgehead atoms. The zero-order valence-electron chi connectivity index (χ0n) is 33.1.